The number of aromatic nitrogens is 2. The highest BCUT2D eigenvalue weighted by Crippen LogP contribution is 2.16. The fraction of sp³-hybridized carbons (Fsp3) is 0.154. The maximum atomic E-state index is 4.53. The quantitative estimate of drug-likeness (QED) is 0.797. The molecule has 92 valence electrons. The van der Waals surface area contributed by atoms with Crippen molar-refractivity contribution in [3.8, 4) is 0 Å². The molecule has 0 saturated carbocycles. The summed E-state index contributed by atoms with van der Waals surface area (Å²) in [7, 11) is 0. The number of thiazole rings is 1. The van der Waals surface area contributed by atoms with Gasteiger partial charge in [0.2, 0.25) is 0 Å². The van der Waals surface area contributed by atoms with Crippen molar-refractivity contribution < 1.29 is 0 Å². The van der Waals surface area contributed by atoms with Crippen LogP contribution in [0.3, 0.4) is 0 Å². The average Bonchev–Trinajstić information content (AvgIpc) is 2.92. The van der Waals surface area contributed by atoms with Crippen LogP contribution in [0.1, 0.15) is 11.3 Å². The first-order valence-corrected chi connectivity index (χ1v) is 7.35. The van der Waals surface area contributed by atoms with Crippen LogP contribution in [0.2, 0.25) is 0 Å². The number of nitrogens with zero attached hydrogens (tertiary/aromatic N) is 2. The topological polar surface area (TPSA) is 29.3 Å². The van der Waals surface area contributed by atoms with E-state index >= 15 is 0 Å². The summed E-state index contributed by atoms with van der Waals surface area (Å²) in [6, 6.07) is 8.25. The van der Waals surface area contributed by atoms with Crippen LogP contribution in [-0.4, -0.2) is 9.38 Å². The van der Waals surface area contributed by atoms with Gasteiger partial charge in [-0.3, -0.25) is 4.40 Å². The Labute approximate surface area is 118 Å². The Morgan fingerprint density at radius 1 is 1.28 bits per heavy atom. The molecule has 0 bridgehead atoms. The lowest BCUT2D eigenvalue weighted by Gasteiger charge is -2.04. The average molecular weight is 322 g/mol. The third kappa shape index (κ3) is 2.48. The first-order chi connectivity index (χ1) is 8.83. The second-order valence-electron chi connectivity index (χ2n) is 4.02. The van der Waals surface area contributed by atoms with Gasteiger partial charge in [0.15, 0.2) is 4.96 Å². The maximum absolute atomic E-state index is 4.53. The Morgan fingerprint density at radius 2 is 2.17 bits per heavy atom. The number of hydrogen-bond acceptors (Lipinski definition) is 3. The van der Waals surface area contributed by atoms with Crippen molar-refractivity contribution in [1.29, 1.82) is 0 Å². The standard InChI is InChI=1S/C13H12BrN3S/c14-12-4-2-1-3-10(12)7-15-8-11-9-17-5-6-18-13(17)16-11/h1-6,9,15H,7-8H2. The van der Waals surface area contributed by atoms with Crippen molar-refractivity contribution in [1.82, 2.24) is 14.7 Å². The summed E-state index contributed by atoms with van der Waals surface area (Å²) < 4.78 is 3.20. The van der Waals surface area contributed by atoms with Crippen LogP contribution in [0.5, 0.6) is 0 Å². The zero-order valence-electron chi connectivity index (χ0n) is 9.64. The number of benzene rings is 1. The number of fused-ring (bicyclic) bond motifs is 1. The minimum absolute atomic E-state index is 0.787. The lowest BCUT2D eigenvalue weighted by Crippen LogP contribution is -2.13. The minimum atomic E-state index is 0.787. The summed E-state index contributed by atoms with van der Waals surface area (Å²) in [5, 5.41) is 5.45. The summed E-state index contributed by atoms with van der Waals surface area (Å²) >= 11 is 5.20. The summed E-state index contributed by atoms with van der Waals surface area (Å²) in [5.41, 5.74) is 2.34. The Kier molecular flexibility index (Phi) is 3.45. The predicted octanol–water partition coefficient (Wildman–Crippen LogP) is 3.45. The van der Waals surface area contributed by atoms with E-state index in [-0.39, 0.29) is 0 Å². The van der Waals surface area contributed by atoms with Crippen LogP contribution in [0.25, 0.3) is 4.96 Å². The summed E-state index contributed by atoms with van der Waals surface area (Å²) in [6.07, 6.45) is 4.10. The summed E-state index contributed by atoms with van der Waals surface area (Å²) in [5.74, 6) is 0. The summed E-state index contributed by atoms with van der Waals surface area (Å²) in [6.45, 7) is 1.63. The van der Waals surface area contributed by atoms with E-state index in [1.54, 1.807) is 11.3 Å². The minimum Gasteiger partial charge on any atom is -0.307 e. The van der Waals surface area contributed by atoms with Gasteiger partial charge < -0.3 is 5.32 Å². The molecule has 0 aliphatic heterocycles. The molecule has 3 rings (SSSR count). The molecule has 1 N–H and O–H groups in total. The monoisotopic (exact) mass is 321 g/mol. The third-order valence-electron chi connectivity index (χ3n) is 2.72. The molecular formula is C13H12BrN3S. The lowest BCUT2D eigenvalue weighted by atomic mass is 10.2. The third-order valence-corrected chi connectivity index (χ3v) is 4.27. The van der Waals surface area contributed by atoms with Crippen molar-refractivity contribution in [2.75, 3.05) is 0 Å². The first kappa shape index (κ1) is 11.9. The highest BCUT2D eigenvalue weighted by molar-refractivity contribution is 9.10. The van der Waals surface area contributed by atoms with E-state index in [1.807, 2.05) is 23.7 Å². The van der Waals surface area contributed by atoms with Crippen molar-refractivity contribution in [3.05, 3.63) is 57.8 Å². The molecular weight excluding hydrogens is 310 g/mol. The number of nitrogens with one attached hydrogen (secondary N) is 1. The van der Waals surface area contributed by atoms with E-state index in [4.69, 9.17) is 0 Å². The molecule has 0 aliphatic carbocycles. The number of imidazole rings is 1. The molecule has 2 aromatic heterocycles. The first-order valence-electron chi connectivity index (χ1n) is 5.68. The fourth-order valence-corrected chi connectivity index (χ4v) is 2.97. The molecule has 3 aromatic rings. The maximum Gasteiger partial charge on any atom is 0.193 e. The number of halogens is 1. The molecule has 0 unspecified atom stereocenters. The van der Waals surface area contributed by atoms with Crippen LogP contribution in [0, 0.1) is 0 Å². The van der Waals surface area contributed by atoms with Crippen LogP contribution in [-0.2, 0) is 13.1 Å². The highest BCUT2D eigenvalue weighted by atomic mass is 79.9. The molecule has 5 heteroatoms. The highest BCUT2D eigenvalue weighted by Gasteiger charge is 2.02. The van der Waals surface area contributed by atoms with E-state index < -0.39 is 0 Å². The van der Waals surface area contributed by atoms with E-state index in [2.05, 4.69) is 49.0 Å². The molecule has 1 aromatic carbocycles. The summed E-state index contributed by atoms with van der Waals surface area (Å²) in [4.78, 5) is 5.58. The SMILES string of the molecule is Brc1ccccc1CNCc1cn2ccsc2n1. The molecule has 3 nitrogen and oxygen atoms in total. The van der Waals surface area contributed by atoms with Gasteiger partial charge in [0.25, 0.3) is 0 Å². The Balaban J connectivity index is 1.62. The van der Waals surface area contributed by atoms with Crippen molar-refractivity contribution in [2.24, 2.45) is 0 Å². The largest absolute Gasteiger partial charge is 0.307 e. The van der Waals surface area contributed by atoms with Gasteiger partial charge in [-0.2, -0.15) is 0 Å². The van der Waals surface area contributed by atoms with Crippen molar-refractivity contribution in [3.63, 3.8) is 0 Å². The van der Waals surface area contributed by atoms with E-state index in [9.17, 15) is 0 Å². The number of rotatable bonds is 4. The molecule has 0 saturated heterocycles. The normalized spacial score (nSPS) is 11.2. The molecule has 0 spiro atoms. The van der Waals surface area contributed by atoms with Crippen LogP contribution < -0.4 is 5.32 Å². The fourth-order valence-electron chi connectivity index (χ4n) is 1.83. The Morgan fingerprint density at radius 3 is 3.00 bits per heavy atom. The van der Waals surface area contributed by atoms with Gasteiger partial charge in [0.1, 0.15) is 0 Å². The van der Waals surface area contributed by atoms with Crippen LogP contribution in [0.4, 0.5) is 0 Å². The van der Waals surface area contributed by atoms with Gasteiger partial charge in [-0.25, -0.2) is 4.98 Å². The second-order valence-corrected chi connectivity index (χ2v) is 5.75. The Hall–Kier alpha value is -1.17. The van der Waals surface area contributed by atoms with E-state index in [1.165, 1.54) is 5.56 Å². The van der Waals surface area contributed by atoms with Gasteiger partial charge >= 0.3 is 0 Å². The predicted molar refractivity (Wildman–Crippen MR) is 77.8 cm³/mol. The van der Waals surface area contributed by atoms with Crippen LogP contribution >= 0.6 is 27.3 Å². The van der Waals surface area contributed by atoms with Gasteiger partial charge in [0.05, 0.1) is 5.69 Å². The lowest BCUT2D eigenvalue weighted by molar-refractivity contribution is 0.681. The van der Waals surface area contributed by atoms with Crippen molar-refractivity contribution >= 4 is 32.2 Å². The molecule has 0 fully saturated rings. The van der Waals surface area contributed by atoms with Gasteiger partial charge in [-0.05, 0) is 11.6 Å². The van der Waals surface area contributed by atoms with Gasteiger partial charge in [0, 0.05) is 35.3 Å². The molecule has 0 amide bonds. The second kappa shape index (κ2) is 5.22. The Bertz CT molecular complexity index is 630. The number of hydrogen-bond donors (Lipinski definition) is 1. The zero-order valence-corrected chi connectivity index (χ0v) is 12.0. The smallest absolute Gasteiger partial charge is 0.193 e. The van der Waals surface area contributed by atoms with Crippen molar-refractivity contribution in [2.45, 2.75) is 13.1 Å². The van der Waals surface area contributed by atoms with Crippen LogP contribution in [0.15, 0.2) is 46.5 Å². The zero-order chi connectivity index (χ0) is 12.4. The van der Waals surface area contributed by atoms with Gasteiger partial charge in [-0.15, -0.1) is 11.3 Å². The van der Waals surface area contributed by atoms with Gasteiger partial charge in [-0.1, -0.05) is 34.1 Å². The van der Waals surface area contributed by atoms with E-state index in [0.717, 1.165) is 28.2 Å². The molecule has 0 atom stereocenters. The van der Waals surface area contributed by atoms with E-state index in [0.29, 0.717) is 0 Å². The molecule has 2 heterocycles. The molecule has 0 radical (unpaired) electrons. The molecule has 0 aliphatic rings. The molecule has 18 heavy (non-hydrogen) atoms.